The van der Waals surface area contributed by atoms with Crippen molar-refractivity contribution in [1.82, 2.24) is 4.98 Å². The fourth-order valence-electron chi connectivity index (χ4n) is 1.70. The molecular formula is C12H20Cl2N4O. The lowest BCUT2D eigenvalue weighted by molar-refractivity contribution is 0.203. The van der Waals surface area contributed by atoms with E-state index in [0.29, 0.717) is 34.8 Å². The molecule has 1 aromatic heterocycles. The Morgan fingerprint density at radius 2 is 2.16 bits per heavy atom. The number of hydrogen-bond acceptors (Lipinski definition) is 5. The van der Waals surface area contributed by atoms with E-state index in [4.69, 9.17) is 33.8 Å². The minimum Gasteiger partial charge on any atom is -0.383 e. The summed E-state index contributed by atoms with van der Waals surface area (Å²) in [6, 6.07) is 1.93. The quantitative estimate of drug-likeness (QED) is 0.599. The first-order chi connectivity index (χ1) is 9.04. The molecule has 19 heavy (non-hydrogen) atoms. The van der Waals surface area contributed by atoms with Crippen LogP contribution in [-0.2, 0) is 4.74 Å². The van der Waals surface area contributed by atoms with Gasteiger partial charge in [0.2, 0.25) is 0 Å². The molecule has 0 bridgehead atoms. The molecule has 1 aromatic rings. The normalized spacial score (nSPS) is 12.3. The Balaban J connectivity index is 3.13. The lowest BCUT2D eigenvalue weighted by atomic mass is 10.2. The number of halogens is 2. The molecule has 0 radical (unpaired) electrons. The largest absolute Gasteiger partial charge is 0.383 e. The third kappa shape index (κ3) is 4.11. The Labute approximate surface area is 124 Å². The van der Waals surface area contributed by atoms with Crippen molar-refractivity contribution in [3.63, 3.8) is 0 Å². The Bertz CT molecular complexity index is 417. The van der Waals surface area contributed by atoms with Crippen LogP contribution in [0.5, 0.6) is 0 Å². The topological polar surface area (TPSA) is 63.4 Å². The van der Waals surface area contributed by atoms with Crippen LogP contribution >= 0.6 is 23.2 Å². The molecule has 3 N–H and O–H groups in total. The van der Waals surface area contributed by atoms with E-state index < -0.39 is 0 Å². The molecule has 7 heteroatoms. The van der Waals surface area contributed by atoms with Crippen molar-refractivity contribution in [2.75, 3.05) is 30.6 Å². The summed E-state index contributed by atoms with van der Waals surface area (Å²) in [6.07, 6.45) is 0.968. The van der Waals surface area contributed by atoms with Gasteiger partial charge in [-0.05, 0) is 19.4 Å². The van der Waals surface area contributed by atoms with Gasteiger partial charge >= 0.3 is 0 Å². The van der Waals surface area contributed by atoms with E-state index in [1.54, 1.807) is 13.2 Å². The summed E-state index contributed by atoms with van der Waals surface area (Å²) in [5, 5.41) is 0.896. The molecule has 1 unspecified atom stereocenters. The molecule has 0 saturated carbocycles. The van der Waals surface area contributed by atoms with Gasteiger partial charge in [0.05, 0.1) is 16.7 Å². The molecule has 5 nitrogen and oxygen atoms in total. The molecule has 0 amide bonds. The molecule has 0 fully saturated rings. The van der Waals surface area contributed by atoms with Crippen LogP contribution in [0.3, 0.4) is 0 Å². The third-order valence-electron chi connectivity index (χ3n) is 2.98. The Morgan fingerprint density at radius 1 is 1.47 bits per heavy atom. The van der Waals surface area contributed by atoms with Gasteiger partial charge in [-0.1, -0.05) is 30.1 Å². The van der Waals surface area contributed by atoms with Gasteiger partial charge in [0.25, 0.3) is 0 Å². The maximum Gasteiger partial charge on any atom is 0.161 e. The number of aromatic nitrogens is 1. The van der Waals surface area contributed by atoms with Crippen LogP contribution in [0, 0.1) is 0 Å². The molecule has 1 rings (SSSR count). The predicted molar refractivity (Wildman–Crippen MR) is 81.0 cm³/mol. The first-order valence-corrected chi connectivity index (χ1v) is 6.88. The summed E-state index contributed by atoms with van der Waals surface area (Å²) < 4.78 is 5.13. The van der Waals surface area contributed by atoms with E-state index in [9.17, 15) is 0 Å². The predicted octanol–water partition coefficient (Wildman–Crippen LogP) is 2.93. The van der Waals surface area contributed by atoms with Crippen molar-refractivity contribution in [3.05, 3.63) is 16.1 Å². The highest BCUT2D eigenvalue weighted by molar-refractivity contribution is 6.37. The zero-order valence-electron chi connectivity index (χ0n) is 11.4. The zero-order chi connectivity index (χ0) is 14.4. The molecule has 1 atom stereocenters. The number of ether oxygens (including phenoxy) is 1. The molecule has 0 aromatic carbocycles. The van der Waals surface area contributed by atoms with Crippen molar-refractivity contribution in [2.24, 2.45) is 5.84 Å². The number of nitrogens with one attached hydrogen (secondary N) is 1. The van der Waals surface area contributed by atoms with Gasteiger partial charge in [-0.2, -0.15) is 0 Å². The molecule has 0 saturated heterocycles. The SMILES string of the molecule is CCC(C)N(CCOC)c1nc(NN)c(Cl)cc1Cl. The summed E-state index contributed by atoms with van der Waals surface area (Å²) in [6.45, 7) is 5.51. The zero-order valence-corrected chi connectivity index (χ0v) is 12.9. The smallest absolute Gasteiger partial charge is 0.161 e. The number of methoxy groups -OCH3 is 1. The van der Waals surface area contributed by atoms with Gasteiger partial charge in [-0.15, -0.1) is 0 Å². The van der Waals surface area contributed by atoms with Crippen LogP contribution in [0.2, 0.25) is 10.0 Å². The van der Waals surface area contributed by atoms with Crippen molar-refractivity contribution in [2.45, 2.75) is 26.3 Å². The summed E-state index contributed by atoms with van der Waals surface area (Å²) in [5.74, 6) is 6.46. The third-order valence-corrected chi connectivity index (χ3v) is 3.55. The van der Waals surface area contributed by atoms with Crippen molar-refractivity contribution < 1.29 is 4.74 Å². The molecular weight excluding hydrogens is 287 g/mol. The van der Waals surface area contributed by atoms with Gasteiger partial charge in [-0.3, -0.25) is 0 Å². The average molecular weight is 307 g/mol. The Hall–Kier alpha value is -0.750. The van der Waals surface area contributed by atoms with Crippen molar-refractivity contribution in [3.8, 4) is 0 Å². The van der Waals surface area contributed by atoms with E-state index >= 15 is 0 Å². The number of pyridine rings is 1. The summed E-state index contributed by atoms with van der Waals surface area (Å²) in [7, 11) is 1.67. The summed E-state index contributed by atoms with van der Waals surface area (Å²) in [5.41, 5.74) is 2.47. The van der Waals surface area contributed by atoms with Gasteiger partial charge in [0.1, 0.15) is 5.82 Å². The minimum atomic E-state index is 0.284. The minimum absolute atomic E-state index is 0.284. The fraction of sp³-hybridized carbons (Fsp3) is 0.583. The highest BCUT2D eigenvalue weighted by atomic mass is 35.5. The summed E-state index contributed by atoms with van der Waals surface area (Å²) in [4.78, 5) is 6.47. The van der Waals surface area contributed by atoms with Crippen LogP contribution in [0.1, 0.15) is 20.3 Å². The van der Waals surface area contributed by atoms with E-state index in [1.807, 2.05) is 0 Å². The Kier molecular flexibility index (Phi) is 6.65. The van der Waals surface area contributed by atoms with Crippen LogP contribution in [0.4, 0.5) is 11.6 Å². The first-order valence-electron chi connectivity index (χ1n) is 6.13. The molecule has 0 aliphatic carbocycles. The average Bonchev–Trinajstić information content (AvgIpc) is 2.40. The number of nitrogens with zero attached hydrogens (tertiary/aromatic N) is 2. The number of anilines is 2. The summed E-state index contributed by atoms with van der Waals surface area (Å²) >= 11 is 12.2. The van der Waals surface area contributed by atoms with Crippen LogP contribution < -0.4 is 16.2 Å². The number of nitrogen functional groups attached to an aromatic ring is 1. The maximum atomic E-state index is 6.24. The lowest BCUT2D eigenvalue weighted by Gasteiger charge is -2.30. The monoisotopic (exact) mass is 306 g/mol. The second kappa shape index (κ2) is 7.75. The Morgan fingerprint density at radius 3 is 2.68 bits per heavy atom. The highest BCUT2D eigenvalue weighted by Gasteiger charge is 2.19. The van der Waals surface area contributed by atoms with Crippen LogP contribution in [-0.4, -0.2) is 31.3 Å². The van der Waals surface area contributed by atoms with Gasteiger partial charge in [-0.25, -0.2) is 10.8 Å². The molecule has 108 valence electrons. The molecule has 0 aliphatic rings. The van der Waals surface area contributed by atoms with Crippen molar-refractivity contribution in [1.29, 1.82) is 0 Å². The fourth-order valence-corrected chi connectivity index (χ4v) is 2.23. The number of hydrazine groups is 1. The number of rotatable bonds is 7. The van der Waals surface area contributed by atoms with Crippen LogP contribution in [0.25, 0.3) is 0 Å². The van der Waals surface area contributed by atoms with Crippen LogP contribution in [0.15, 0.2) is 6.07 Å². The van der Waals surface area contributed by atoms with Gasteiger partial charge in [0, 0.05) is 19.7 Å². The number of hydrogen-bond donors (Lipinski definition) is 2. The molecule has 1 heterocycles. The van der Waals surface area contributed by atoms with Crippen molar-refractivity contribution >= 4 is 34.8 Å². The maximum absolute atomic E-state index is 6.24. The van der Waals surface area contributed by atoms with Gasteiger partial charge < -0.3 is 15.1 Å². The second-order valence-electron chi connectivity index (χ2n) is 4.21. The van der Waals surface area contributed by atoms with E-state index in [2.05, 4.69) is 29.2 Å². The number of nitrogens with two attached hydrogens (primary N) is 1. The van der Waals surface area contributed by atoms with E-state index in [-0.39, 0.29) is 6.04 Å². The molecule has 0 spiro atoms. The highest BCUT2D eigenvalue weighted by Crippen LogP contribution is 2.32. The standard InChI is InChI=1S/C12H20Cl2N4O/c1-4-8(2)18(5-6-19-3)12-10(14)7-9(13)11(16-12)17-15/h7-8H,4-6,15H2,1-3H3,(H,16,17). The molecule has 0 aliphatic heterocycles. The second-order valence-corrected chi connectivity index (χ2v) is 5.03. The van der Waals surface area contributed by atoms with Gasteiger partial charge in [0.15, 0.2) is 5.82 Å². The van der Waals surface area contributed by atoms with E-state index in [1.165, 1.54) is 0 Å². The first kappa shape index (κ1) is 16.3. The lowest BCUT2D eigenvalue weighted by Crippen LogP contribution is -2.36. The van der Waals surface area contributed by atoms with E-state index in [0.717, 1.165) is 6.42 Å².